The normalized spacial score (nSPS) is 12.4. The molecule has 1 aromatic rings. The van der Waals surface area contributed by atoms with Crippen LogP contribution in [0, 0.1) is 0 Å². The zero-order valence-corrected chi connectivity index (χ0v) is 8.19. The summed E-state index contributed by atoms with van der Waals surface area (Å²) in [7, 11) is 1.90. The van der Waals surface area contributed by atoms with Crippen molar-refractivity contribution in [1.29, 1.82) is 0 Å². The van der Waals surface area contributed by atoms with Crippen LogP contribution in [0.5, 0.6) is 0 Å². The fourth-order valence-electron chi connectivity index (χ4n) is 1.22. The average molecular weight is 185 g/mol. The zero-order valence-electron chi connectivity index (χ0n) is 8.19. The highest BCUT2D eigenvalue weighted by molar-refractivity contribution is 4.79. The molecule has 0 saturated heterocycles. The third kappa shape index (κ3) is 4.00. The lowest BCUT2D eigenvalue weighted by Gasteiger charge is -2.24. The molecule has 0 spiro atoms. The van der Waals surface area contributed by atoms with Crippen LogP contribution in [0.15, 0.2) is 10.9 Å². The fraction of sp³-hybridized carbons (Fsp3) is 0.750. The van der Waals surface area contributed by atoms with E-state index in [1.807, 2.05) is 11.9 Å². The molecule has 0 atom stereocenters. The molecule has 0 radical (unpaired) electrons. The van der Waals surface area contributed by atoms with Gasteiger partial charge >= 0.3 is 0 Å². The van der Waals surface area contributed by atoms with Crippen molar-refractivity contribution < 1.29 is 9.63 Å². The van der Waals surface area contributed by atoms with E-state index in [0.717, 1.165) is 0 Å². The van der Waals surface area contributed by atoms with Gasteiger partial charge in [0.05, 0.1) is 12.1 Å². The molecule has 5 nitrogen and oxygen atoms in total. The summed E-state index contributed by atoms with van der Waals surface area (Å²) in [6.07, 6.45) is 1.30. The Labute approximate surface area is 77.4 Å². The van der Waals surface area contributed by atoms with Crippen LogP contribution in [0.3, 0.4) is 0 Å². The second-order valence-electron chi connectivity index (χ2n) is 3.83. The molecule has 1 heterocycles. The summed E-state index contributed by atoms with van der Waals surface area (Å²) in [6.45, 7) is 4.68. The van der Waals surface area contributed by atoms with Crippen LogP contribution in [0.1, 0.15) is 19.7 Å². The number of nitrogens with zero attached hydrogens (tertiary/aromatic N) is 3. The molecular formula is C8H15N3O2. The van der Waals surface area contributed by atoms with Crippen molar-refractivity contribution >= 4 is 0 Å². The first kappa shape index (κ1) is 10.1. The lowest BCUT2D eigenvalue weighted by Crippen LogP contribution is -2.36. The van der Waals surface area contributed by atoms with E-state index in [2.05, 4.69) is 14.7 Å². The smallest absolute Gasteiger partial charge is 0.213 e. The van der Waals surface area contributed by atoms with Crippen LogP contribution in [-0.4, -0.2) is 39.3 Å². The summed E-state index contributed by atoms with van der Waals surface area (Å²) in [5.74, 6) is 0.631. The van der Waals surface area contributed by atoms with E-state index in [1.165, 1.54) is 6.39 Å². The van der Waals surface area contributed by atoms with Gasteiger partial charge in [0.15, 0.2) is 5.82 Å². The minimum absolute atomic E-state index is 0.571. The first-order chi connectivity index (χ1) is 5.97. The van der Waals surface area contributed by atoms with Crippen molar-refractivity contribution in [2.24, 2.45) is 0 Å². The van der Waals surface area contributed by atoms with Crippen molar-refractivity contribution in [3.05, 3.63) is 12.2 Å². The predicted molar refractivity (Wildman–Crippen MR) is 46.9 cm³/mol. The number of aliphatic hydroxyl groups is 1. The third-order valence-electron chi connectivity index (χ3n) is 1.48. The molecule has 13 heavy (non-hydrogen) atoms. The molecule has 5 heteroatoms. The number of rotatable bonds is 4. The van der Waals surface area contributed by atoms with Crippen molar-refractivity contribution in [3.8, 4) is 0 Å². The van der Waals surface area contributed by atoms with E-state index >= 15 is 0 Å². The van der Waals surface area contributed by atoms with Gasteiger partial charge in [-0.25, -0.2) is 0 Å². The molecular weight excluding hydrogens is 170 g/mol. The Kier molecular flexibility index (Phi) is 3.00. The van der Waals surface area contributed by atoms with Gasteiger partial charge in [-0.1, -0.05) is 5.16 Å². The molecule has 1 rings (SSSR count). The Bertz CT molecular complexity index is 240. The molecule has 0 saturated carbocycles. The minimum Gasteiger partial charge on any atom is -0.389 e. The van der Waals surface area contributed by atoms with Gasteiger partial charge in [-0.3, -0.25) is 4.90 Å². The fourth-order valence-corrected chi connectivity index (χ4v) is 1.22. The second-order valence-corrected chi connectivity index (χ2v) is 3.83. The van der Waals surface area contributed by atoms with E-state index in [9.17, 15) is 5.11 Å². The van der Waals surface area contributed by atoms with E-state index in [1.54, 1.807) is 13.8 Å². The van der Waals surface area contributed by atoms with Gasteiger partial charge in [-0.05, 0) is 20.9 Å². The molecule has 0 aromatic carbocycles. The molecule has 1 N–H and O–H groups in total. The van der Waals surface area contributed by atoms with Gasteiger partial charge < -0.3 is 9.63 Å². The molecule has 0 aliphatic carbocycles. The maximum Gasteiger partial charge on any atom is 0.213 e. The number of likely N-dealkylation sites (N-methyl/N-ethyl adjacent to an activating group) is 1. The molecule has 0 aliphatic heterocycles. The Hall–Kier alpha value is -0.940. The van der Waals surface area contributed by atoms with Crippen molar-refractivity contribution in [2.75, 3.05) is 13.6 Å². The highest BCUT2D eigenvalue weighted by Gasteiger charge is 2.16. The molecule has 0 amide bonds. The summed E-state index contributed by atoms with van der Waals surface area (Å²) in [6, 6.07) is 0. The SMILES string of the molecule is CN(Cc1ncon1)CC(C)(C)O. The lowest BCUT2D eigenvalue weighted by atomic mass is 10.1. The monoisotopic (exact) mass is 185 g/mol. The molecule has 74 valence electrons. The molecule has 1 aromatic heterocycles. The third-order valence-corrected chi connectivity index (χ3v) is 1.48. The van der Waals surface area contributed by atoms with Gasteiger partial charge in [-0.2, -0.15) is 4.98 Å². The molecule has 0 fully saturated rings. The zero-order chi connectivity index (χ0) is 9.90. The van der Waals surface area contributed by atoms with E-state index in [4.69, 9.17) is 0 Å². The molecule has 0 bridgehead atoms. The maximum atomic E-state index is 9.51. The van der Waals surface area contributed by atoms with Crippen LogP contribution >= 0.6 is 0 Å². The maximum absolute atomic E-state index is 9.51. The standard InChI is InChI=1S/C8H15N3O2/c1-8(2,12)5-11(3)4-7-9-6-13-10-7/h6,12H,4-5H2,1-3H3. The van der Waals surface area contributed by atoms with Crippen molar-refractivity contribution in [1.82, 2.24) is 15.0 Å². The number of aromatic nitrogens is 2. The largest absolute Gasteiger partial charge is 0.389 e. The summed E-state index contributed by atoms with van der Waals surface area (Å²) >= 11 is 0. The highest BCUT2D eigenvalue weighted by atomic mass is 16.5. The van der Waals surface area contributed by atoms with Crippen molar-refractivity contribution in [3.63, 3.8) is 0 Å². The van der Waals surface area contributed by atoms with E-state index < -0.39 is 5.60 Å². The van der Waals surface area contributed by atoms with Crippen LogP contribution < -0.4 is 0 Å². The highest BCUT2D eigenvalue weighted by Crippen LogP contribution is 2.05. The van der Waals surface area contributed by atoms with E-state index in [-0.39, 0.29) is 0 Å². The molecule has 0 unspecified atom stereocenters. The molecule has 0 aliphatic rings. The van der Waals surface area contributed by atoms with Gasteiger partial charge in [0.2, 0.25) is 6.39 Å². The summed E-state index contributed by atoms with van der Waals surface area (Å²) in [5.41, 5.74) is -0.696. The van der Waals surface area contributed by atoms with Crippen molar-refractivity contribution in [2.45, 2.75) is 26.0 Å². The topological polar surface area (TPSA) is 62.4 Å². The van der Waals surface area contributed by atoms with Crippen LogP contribution in [0.2, 0.25) is 0 Å². The minimum atomic E-state index is -0.696. The summed E-state index contributed by atoms with van der Waals surface area (Å²) in [4.78, 5) is 5.82. The van der Waals surface area contributed by atoms with Crippen LogP contribution in [-0.2, 0) is 6.54 Å². The average Bonchev–Trinajstić information content (AvgIpc) is 2.34. The Morgan fingerprint density at radius 1 is 1.62 bits per heavy atom. The first-order valence-electron chi connectivity index (χ1n) is 4.13. The van der Waals surface area contributed by atoms with Gasteiger partial charge in [0.1, 0.15) is 0 Å². The predicted octanol–water partition coefficient (Wildman–Crippen LogP) is 0.272. The Balaban J connectivity index is 2.38. The van der Waals surface area contributed by atoms with Gasteiger partial charge in [-0.15, -0.1) is 0 Å². The van der Waals surface area contributed by atoms with Crippen LogP contribution in [0.25, 0.3) is 0 Å². The lowest BCUT2D eigenvalue weighted by molar-refractivity contribution is 0.0416. The van der Waals surface area contributed by atoms with E-state index in [0.29, 0.717) is 18.9 Å². The summed E-state index contributed by atoms with van der Waals surface area (Å²) < 4.78 is 4.60. The number of hydrogen-bond donors (Lipinski definition) is 1. The Morgan fingerprint density at radius 3 is 2.77 bits per heavy atom. The quantitative estimate of drug-likeness (QED) is 0.729. The van der Waals surface area contributed by atoms with Crippen LogP contribution in [0.4, 0.5) is 0 Å². The number of hydrogen-bond acceptors (Lipinski definition) is 5. The first-order valence-corrected chi connectivity index (χ1v) is 4.13. The second kappa shape index (κ2) is 3.85. The Morgan fingerprint density at radius 2 is 2.31 bits per heavy atom. The summed E-state index contributed by atoms with van der Waals surface area (Å²) in [5, 5.41) is 13.2. The van der Waals surface area contributed by atoms with Gasteiger partial charge in [0.25, 0.3) is 0 Å². The van der Waals surface area contributed by atoms with Gasteiger partial charge in [0, 0.05) is 6.54 Å².